The maximum Gasteiger partial charge on any atom is 0.0388 e. The summed E-state index contributed by atoms with van der Waals surface area (Å²) >= 11 is 0. The van der Waals surface area contributed by atoms with Crippen LogP contribution < -0.4 is 5.73 Å². The lowest BCUT2D eigenvalue weighted by atomic mass is 10.1. The van der Waals surface area contributed by atoms with Crippen molar-refractivity contribution in [3.05, 3.63) is 0 Å². The summed E-state index contributed by atoms with van der Waals surface area (Å²) in [6.45, 7) is 4.22. The third-order valence-corrected chi connectivity index (χ3v) is 4.94. The first-order valence-corrected chi connectivity index (χ1v) is 6.17. The van der Waals surface area contributed by atoms with Gasteiger partial charge in [-0.1, -0.05) is 13.8 Å². The quantitative estimate of drug-likeness (QED) is 0.726. The van der Waals surface area contributed by atoms with Crippen molar-refractivity contribution >= 4 is 10.8 Å². The highest BCUT2D eigenvalue weighted by atomic mass is 32.2. The Balaban J connectivity index is 2.47. The van der Waals surface area contributed by atoms with E-state index < -0.39 is 10.8 Å². The van der Waals surface area contributed by atoms with E-state index in [9.17, 15) is 4.21 Å². The molecule has 1 aliphatic rings. The molecule has 72 valence electrons. The molecule has 1 aliphatic carbocycles. The summed E-state index contributed by atoms with van der Waals surface area (Å²) in [5, 5.41) is 0.375. The largest absolute Gasteiger partial charge is 0.327 e. The number of hydrogen-bond acceptors (Lipinski definition) is 2. The molecule has 3 heteroatoms. The molecule has 1 fully saturated rings. The van der Waals surface area contributed by atoms with Crippen LogP contribution in [0.1, 0.15) is 33.1 Å². The van der Waals surface area contributed by atoms with Crippen molar-refractivity contribution in [1.29, 1.82) is 0 Å². The second-order valence-corrected chi connectivity index (χ2v) is 5.50. The topological polar surface area (TPSA) is 43.1 Å². The summed E-state index contributed by atoms with van der Waals surface area (Å²) in [5.41, 5.74) is 5.87. The summed E-state index contributed by atoms with van der Waals surface area (Å²) in [6.07, 6.45) is 3.14. The summed E-state index contributed by atoms with van der Waals surface area (Å²) in [7, 11) is -0.626. The Bertz CT molecular complexity index is 172. The average molecular weight is 189 g/mol. The predicted octanol–water partition coefficient (Wildman–Crippen LogP) is 1.27. The summed E-state index contributed by atoms with van der Waals surface area (Å²) in [5.74, 6) is 1.30. The van der Waals surface area contributed by atoms with E-state index in [1.54, 1.807) is 0 Å². The smallest absolute Gasteiger partial charge is 0.0388 e. The summed E-state index contributed by atoms with van der Waals surface area (Å²) in [4.78, 5) is 0. The first-order valence-electron chi connectivity index (χ1n) is 4.79. The Morgan fingerprint density at radius 2 is 2.17 bits per heavy atom. The lowest BCUT2D eigenvalue weighted by molar-refractivity contribution is 0.526. The Labute approximate surface area is 77.4 Å². The minimum absolute atomic E-state index is 0.288. The zero-order chi connectivity index (χ0) is 9.14. The van der Waals surface area contributed by atoms with Gasteiger partial charge in [0.15, 0.2) is 0 Å². The van der Waals surface area contributed by atoms with E-state index in [1.807, 2.05) is 0 Å². The maximum absolute atomic E-state index is 11.7. The van der Waals surface area contributed by atoms with E-state index in [1.165, 1.54) is 0 Å². The molecule has 0 aromatic carbocycles. The molecule has 12 heavy (non-hydrogen) atoms. The molecular formula is C9H19NOS. The van der Waals surface area contributed by atoms with E-state index in [0.29, 0.717) is 11.2 Å². The molecule has 0 bridgehead atoms. The van der Waals surface area contributed by atoms with Crippen molar-refractivity contribution in [2.24, 2.45) is 11.7 Å². The van der Waals surface area contributed by atoms with Gasteiger partial charge in [-0.2, -0.15) is 0 Å². The summed E-state index contributed by atoms with van der Waals surface area (Å²) < 4.78 is 11.7. The van der Waals surface area contributed by atoms with E-state index in [-0.39, 0.29) is 6.04 Å². The van der Waals surface area contributed by atoms with Gasteiger partial charge in [0.1, 0.15) is 0 Å². The van der Waals surface area contributed by atoms with Crippen LogP contribution in [0.4, 0.5) is 0 Å². The van der Waals surface area contributed by atoms with Crippen LogP contribution in [0.2, 0.25) is 0 Å². The van der Waals surface area contributed by atoms with E-state index in [0.717, 1.165) is 25.0 Å². The van der Waals surface area contributed by atoms with Crippen LogP contribution in [0.25, 0.3) is 0 Å². The van der Waals surface area contributed by atoms with Gasteiger partial charge in [0, 0.05) is 27.8 Å². The van der Waals surface area contributed by atoms with Crippen LogP contribution in [-0.2, 0) is 10.8 Å². The van der Waals surface area contributed by atoms with Gasteiger partial charge >= 0.3 is 0 Å². The first-order chi connectivity index (χ1) is 5.66. The molecule has 4 unspecified atom stereocenters. The van der Waals surface area contributed by atoms with E-state index in [4.69, 9.17) is 5.73 Å². The van der Waals surface area contributed by atoms with Gasteiger partial charge in [0.05, 0.1) is 0 Å². The lowest BCUT2D eigenvalue weighted by Gasteiger charge is -2.16. The number of rotatable bonds is 3. The molecule has 0 aromatic rings. The minimum Gasteiger partial charge on any atom is -0.327 e. The third-order valence-electron chi connectivity index (χ3n) is 2.79. The Morgan fingerprint density at radius 1 is 1.50 bits per heavy atom. The fourth-order valence-corrected chi connectivity index (χ4v) is 3.67. The Hall–Kier alpha value is 0.110. The highest BCUT2D eigenvalue weighted by Gasteiger charge is 2.33. The molecule has 2 nitrogen and oxygen atoms in total. The van der Waals surface area contributed by atoms with E-state index >= 15 is 0 Å². The highest BCUT2D eigenvalue weighted by Crippen LogP contribution is 2.28. The molecular weight excluding hydrogens is 170 g/mol. The van der Waals surface area contributed by atoms with Gasteiger partial charge in [0.2, 0.25) is 0 Å². The number of nitrogens with two attached hydrogens (primary N) is 1. The van der Waals surface area contributed by atoms with Gasteiger partial charge in [-0.05, 0) is 25.2 Å². The zero-order valence-corrected chi connectivity index (χ0v) is 8.77. The Morgan fingerprint density at radius 3 is 2.58 bits per heavy atom. The van der Waals surface area contributed by atoms with Crippen molar-refractivity contribution in [2.75, 3.05) is 5.75 Å². The van der Waals surface area contributed by atoms with Crippen LogP contribution in [0.3, 0.4) is 0 Å². The predicted molar refractivity (Wildman–Crippen MR) is 53.5 cm³/mol. The molecule has 0 heterocycles. The molecule has 0 aliphatic heterocycles. The molecule has 0 saturated heterocycles. The molecule has 0 aromatic heterocycles. The average Bonchev–Trinajstić information content (AvgIpc) is 2.34. The molecule has 0 spiro atoms. The second-order valence-electron chi connectivity index (χ2n) is 3.72. The van der Waals surface area contributed by atoms with Crippen LogP contribution in [-0.4, -0.2) is 21.3 Å². The van der Waals surface area contributed by atoms with Crippen molar-refractivity contribution in [3.63, 3.8) is 0 Å². The van der Waals surface area contributed by atoms with Crippen molar-refractivity contribution in [1.82, 2.24) is 0 Å². The standard InChI is InChI=1S/C9H19NOS/c1-3-6-12(11)9-5-4-8(10)7(9)2/h7-9H,3-6,10H2,1-2H3. The Kier molecular flexibility index (Phi) is 3.72. The van der Waals surface area contributed by atoms with Crippen LogP contribution >= 0.6 is 0 Å². The van der Waals surface area contributed by atoms with Crippen molar-refractivity contribution in [3.8, 4) is 0 Å². The van der Waals surface area contributed by atoms with Gasteiger partial charge in [-0.3, -0.25) is 4.21 Å². The normalized spacial score (nSPS) is 38.4. The van der Waals surface area contributed by atoms with Gasteiger partial charge in [-0.15, -0.1) is 0 Å². The molecule has 1 saturated carbocycles. The summed E-state index contributed by atoms with van der Waals surface area (Å²) in [6, 6.07) is 0.288. The lowest BCUT2D eigenvalue weighted by Crippen LogP contribution is -2.30. The second kappa shape index (κ2) is 4.38. The van der Waals surface area contributed by atoms with Gasteiger partial charge in [-0.25, -0.2) is 0 Å². The number of hydrogen-bond donors (Lipinski definition) is 1. The molecule has 4 atom stereocenters. The van der Waals surface area contributed by atoms with E-state index in [2.05, 4.69) is 13.8 Å². The molecule has 2 N–H and O–H groups in total. The molecule has 1 rings (SSSR count). The van der Waals surface area contributed by atoms with Crippen LogP contribution in [0.5, 0.6) is 0 Å². The molecule has 0 amide bonds. The van der Waals surface area contributed by atoms with Gasteiger partial charge in [0.25, 0.3) is 0 Å². The zero-order valence-electron chi connectivity index (χ0n) is 7.95. The van der Waals surface area contributed by atoms with Crippen molar-refractivity contribution < 1.29 is 4.21 Å². The minimum atomic E-state index is -0.626. The third kappa shape index (κ3) is 2.07. The maximum atomic E-state index is 11.7. The molecule has 0 radical (unpaired) electrons. The SMILES string of the molecule is CCCS(=O)C1CCC(N)C1C. The van der Waals surface area contributed by atoms with Crippen LogP contribution in [0, 0.1) is 5.92 Å². The fraction of sp³-hybridized carbons (Fsp3) is 1.00. The first kappa shape index (κ1) is 10.2. The van der Waals surface area contributed by atoms with Crippen molar-refractivity contribution in [2.45, 2.75) is 44.4 Å². The highest BCUT2D eigenvalue weighted by molar-refractivity contribution is 7.85. The monoisotopic (exact) mass is 189 g/mol. The fourth-order valence-electron chi connectivity index (χ4n) is 1.88. The van der Waals surface area contributed by atoms with Gasteiger partial charge < -0.3 is 5.73 Å². The van der Waals surface area contributed by atoms with Crippen LogP contribution in [0.15, 0.2) is 0 Å².